The zero-order valence-corrected chi connectivity index (χ0v) is 11.0. The number of hydrogen-bond donors (Lipinski definition) is 0. The maximum Gasteiger partial charge on any atom is 0.338 e. The number of benzene rings is 1. The fourth-order valence-electron chi connectivity index (χ4n) is 2.36. The molecule has 0 atom stereocenters. The van der Waals surface area contributed by atoms with E-state index in [1.165, 1.54) is 6.42 Å². The molecule has 1 heterocycles. The van der Waals surface area contributed by atoms with Gasteiger partial charge >= 0.3 is 5.97 Å². The molecule has 2 rings (SSSR count). The largest absolute Gasteiger partial charge is 0.459 e. The monoisotopic (exact) mass is 247 g/mol. The highest BCUT2D eigenvalue weighted by molar-refractivity contribution is 5.89. The van der Waals surface area contributed by atoms with Crippen LogP contribution in [0.4, 0.5) is 0 Å². The Balaban J connectivity index is 1.80. The summed E-state index contributed by atoms with van der Waals surface area (Å²) >= 11 is 0. The molecule has 0 N–H and O–H groups in total. The van der Waals surface area contributed by atoms with Crippen LogP contribution in [0.1, 0.15) is 36.5 Å². The maximum absolute atomic E-state index is 11.9. The first kappa shape index (κ1) is 13.1. The number of carbonyl (C=O) groups excluding carboxylic acids is 1. The molecule has 1 aliphatic heterocycles. The van der Waals surface area contributed by atoms with E-state index in [1.807, 2.05) is 18.2 Å². The summed E-state index contributed by atoms with van der Waals surface area (Å²) in [7, 11) is 0. The topological polar surface area (TPSA) is 29.5 Å². The molecule has 0 unspecified atom stereocenters. The predicted molar refractivity (Wildman–Crippen MR) is 71.6 cm³/mol. The molecular weight excluding hydrogens is 226 g/mol. The van der Waals surface area contributed by atoms with E-state index in [-0.39, 0.29) is 12.1 Å². The molecule has 3 nitrogen and oxygen atoms in total. The average Bonchev–Trinajstić information content (AvgIpc) is 2.42. The van der Waals surface area contributed by atoms with E-state index in [1.54, 1.807) is 12.1 Å². The highest BCUT2D eigenvalue weighted by atomic mass is 16.5. The number of nitrogens with zero attached hydrogens (tertiary/aromatic N) is 1. The van der Waals surface area contributed by atoms with Gasteiger partial charge in [-0.05, 0) is 37.9 Å². The zero-order valence-electron chi connectivity index (χ0n) is 11.0. The second-order valence-electron chi connectivity index (χ2n) is 4.81. The lowest BCUT2D eigenvalue weighted by atomic mass is 10.1. The highest BCUT2D eigenvalue weighted by Gasteiger charge is 2.22. The summed E-state index contributed by atoms with van der Waals surface area (Å²) < 4.78 is 5.54. The van der Waals surface area contributed by atoms with Gasteiger partial charge in [-0.2, -0.15) is 0 Å². The molecule has 0 spiro atoms. The van der Waals surface area contributed by atoms with Gasteiger partial charge in [-0.25, -0.2) is 4.79 Å². The van der Waals surface area contributed by atoms with Gasteiger partial charge in [-0.3, -0.25) is 0 Å². The van der Waals surface area contributed by atoms with Crippen molar-refractivity contribution < 1.29 is 9.53 Å². The summed E-state index contributed by atoms with van der Waals surface area (Å²) in [6, 6.07) is 9.23. The normalized spacial score (nSPS) is 17.6. The number of rotatable bonds is 4. The van der Waals surface area contributed by atoms with E-state index in [9.17, 15) is 4.79 Å². The Morgan fingerprint density at radius 2 is 1.94 bits per heavy atom. The van der Waals surface area contributed by atoms with Crippen LogP contribution in [0, 0.1) is 0 Å². The Morgan fingerprint density at radius 1 is 1.28 bits per heavy atom. The van der Waals surface area contributed by atoms with E-state index in [4.69, 9.17) is 4.74 Å². The van der Waals surface area contributed by atoms with Crippen molar-refractivity contribution >= 4 is 5.97 Å². The van der Waals surface area contributed by atoms with Crippen LogP contribution in [0.3, 0.4) is 0 Å². The number of piperidine rings is 1. The summed E-state index contributed by atoms with van der Waals surface area (Å²) in [5, 5.41) is 0. The third kappa shape index (κ3) is 3.57. The zero-order chi connectivity index (χ0) is 12.8. The molecule has 1 aromatic rings. The first-order valence-electron chi connectivity index (χ1n) is 6.78. The minimum atomic E-state index is -0.190. The number of esters is 1. The Bertz CT molecular complexity index is 369. The molecule has 98 valence electrons. The molecule has 0 bridgehead atoms. The molecular formula is C15H21NO2. The summed E-state index contributed by atoms with van der Waals surface area (Å²) in [6.07, 6.45) is 3.19. The highest BCUT2D eigenvalue weighted by Crippen LogP contribution is 2.15. The third-order valence-electron chi connectivity index (χ3n) is 3.36. The van der Waals surface area contributed by atoms with Gasteiger partial charge in [0, 0.05) is 13.1 Å². The standard InChI is InChI=1S/C15H21NO2/c1-2-10-16-11-8-14(9-12-16)18-15(17)13-6-4-3-5-7-13/h3-7,14H,2,8-12H2,1H3. The number of ether oxygens (including phenoxy) is 1. The Kier molecular flexibility index (Phi) is 4.76. The molecule has 1 aromatic carbocycles. The number of likely N-dealkylation sites (tertiary alicyclic amines) is 1. The van der Waals surface area contributed by atoms with Crippen molar-refractivity contribution in [2.24, 2.45) is 0 Å². The number of hydrogen-bond acceptors (Lipinski definition) is 3. The van der Waals surface area contributed by atoms with Gasteiger partial charge in [0.25, 0.3) is 0 Å². The van der Waals surface area contributed by atoms with Crippen LogP contribution in [0.25, 0.3) is 0 Å². The fourth-order valence-corrected chi connectivity index (χ4v) is 2.36. The van der Waals surface area contributed by atoms with Crippen LogP contribution < -0.4 is 0 Å². The predicted octanol–water partition coefficient (Wildman–Crippen LogP) is 2.72. The lowest BCUT2D eigenvalue weighted by Crippen LogP contribution is -2.38. The minimum Gasteiger partial charge on any atom is -0.459 e. The second-order valence-corrected chi connectivity index (χ2v) is 4.81. The Labute approximate surface area is 109 Å². The van der Waals surface area contributed by atoms with Crippen LogP contribution >= 0.6 is 0 Å². The van der Waals surface area contributed by atoms with E-state index in [0.29, 0.717) is 5.56 Å². The molecule has 3 heteroatoms. The van der Waals surface area contributed by atoms with Crippen LogP contribution in [0.15, 0.2) is 30.3 Å². The van der Waals surface area contributed by atoms with E-state index in [0.717, 1.165) is 32.5 Å². The molecule has 18 heavy (non-hydrogen) atoms. The van der Waals surface area contributed by atoms with Crippen molar-refractivity contribution in [3.05, 3.63) is 35.9 Å². The van der Waals surface area contributed by atoms with Crippen LogP contribution in [-0.2, 0) is 4.74 Å². The van der Waals surface area contributed by atoms with Crippen molar-refractivity contribution in [1.82, 2.24) is 4.90 Å². The van der Waals surface area contributed by atoms with E-state index >= 15 is 0 Å². The fraction of sp³-hybridized carbons (Fsp3) is 0.533. The van der Waals surface area contributed by atoms with Crippen molar-refractivity contribution in [2.75, 3.05) is 19.6 Å². The first-order valence-corrected chi connectivity index (χ1v) is 6.78. The van der Waals surface area contributed by atoms with Crippen molar-refractivity contribution in [3.63, 3.8) is 0 Å². The Hall–Kier alpha value is -1.35. The van der Waals surface area contributed by atoms with Gasteiger partial charge in [0.15, 0.2) is 0 Å². The average molecular weight is 247 g/mol. The van der Waals surface area contributed by atoms with Gasteiger partial charge < -0.3 is 9.64 Å². The molecule has 1 saturated heterocycles. The van der Waals surface area contributed by atoms with E-state index in [2.05, 4.69) is 11.8 Å². The quantitative estimate of drug-likeness (QED) is 0.766. The SMILES string of the molecule is CCCN1CCC(OC(=O)c2ccccc2)CC1. The molecule has 0 radical (unpaired) electrons. The Morgan fingerprint density at radius 3 is 2.56 bits per heavy atom. The lowest BCUT2D eigenvalue weighted by molar-refractivity contribution is 0.0114. The van der Waals surface area contributed by atoms with Gasteiger partial charge in [-0.1, -0.05) is 25.1 Å². The van der Waals surface area contributed by atoms with Gasteiger partial charge in [-0.15, -0.1) is 0 Å². The lowest BCUT2D eigenvalue weighted by Gasteiger charge is -2.31. The van der Waals surface area contributed by atoms with Crippen molar-refractivity contribution in [2.45, 2.75) is 32.3 Å². The minimum absolute atomic E-state index is 0.0887. The maximum atomic E-state index is 11.9. The van der Waals surface area contributed by atoms with Crippen LogP contribution in [0.2, 0.25) is 0 Å². The van der Waals surface area contributed by atoms with Crippen LogP contribution in [0.5, 0.6) is 0 Å². The molecule has 0 aliphatic carbocycles. The van der Waals surface area contributed by atoms with Gasteiger partial charge in [0.05, 0.1) is 5.56 Å². The van der Waals surface area contributed by atoms with Crippen LogP contribution in [-0.4, -0.2) is 36.6 Å². The summed E-state index contributed by atoms with van der Waals surface area (Å²) in [5.74, 6) is -0.190. The third-order valence-corrected chi connectivity index (χ3v) is 3.36. The molecule has 0 aromatic heterocycles. The second kappa shape index (κ2) is 6.55. The summed E-state index contributed by atoms with van der Waals surface area (Å²) in [5.41, 5.74) is 0.647. The van der Waals surface area contributed by atoms with Gasteiger partial charge in [0.1, 0.15) is 6.10 Å². The summed E-state index contributed by atoms with van der Waals surface area (Å²) in [4.78, 5) is 14.3. The number of carbonyl (C=O) groups is 1. The molecule has 0 amide bonds. The van der Waals surface area contributed by atoms with E-state index < -0.39 is 0 Å². The summed E-state index contributed by atoms with van der Waals surface area (Å²) in [6.45, 7) is 5.43. The molecule has 0 saturated carbocycles. The van der Waals surface area contributed by atoms with Crippen molar-refractivity contribution in [3.8, 4) is 0 Å². The first-order chi connectivity index (χ1) is 8.79. The van der Waals surface area contributed by atoms with Gasteiger partial charge in [0.2, 0.25) is 0 Å². The molecule has 1 fully saturated rings. The smallest absolute Gasteiger partial charge is 0.338 e. The molecule has 1 aliphatic rings. The van der Waals surface area contributed by atoms with Crippen molar-refractivity contribution in [1.29, 1.82) is 0 Å².